The van der Waals surface area contributed by atoms with Crippen molar-refractivity contribution >= 4 is 25.7 Å². The molecule has 0 aliphatic heterocycles. The van der Waals surface area contributed by atoms with Crippen molar-refractivity contribution in [1.29, 1.82) is 0 Å². The number of phosphoric ester groups is 1. The van der Waals surface area contributed by atoms with Crippen molar-refractivity contribution in [2.45, 2.75) is 154 Å². The lowest BCUT2D eigenvalue weighted by molar-refractivity contribution is -0.161. The van der Waals surface area contributed by atoms with E-state index in [0.717, 1.165) is 83.5 Å². The van der Waals surface area contributed by atoms with Gasteiger partial charge in [-0.3, -0.25) is 23.4 Å². The maximum Gasteiger partial charge on any atom is 0.472 e. The van der Waals surface area contributed by atoms with E-state index in [1.54, 1.807) is 0 Å². The molecule has 0 bridgehead atoms. The van der Waals surface area contributed by atoms with E-state index in [4.69, 9.17) is 24.8 Å². The van der Waals surface area contributed by atoms with Crippen LogP contribution in [0.25, 0.3) is 0 Å². The number of carbonyl (C=O) groups excluding carboxylic acids is 2. The molecule has 0 aromatic rings. The third-order valence-electron chi connectivity index (χ3n) is 8.22. The number of hydrogen-bond acceptors (Lipinski definition) is 9. The van der Waals surface area contributed by atoms with Gasteiger partial charge in [-0.2, -0.15) is 0 Å². The van der Waals surface area contributed by atoms with Gasteiger partial charge in [0, 0.05) is 12.8 Å². The highest BCUT2D eigenvalue weighted by Crippen LogP contribution is 2.43. The normalized spacial score (nSPS) is 14.6. The topological polar surface area (TPSA) is 172 Å². The van der Waals surface area contributed by atoms with Crippen LogP contribution in [-0.4, -0.2) is 59.9 Å². The molecule has 318 valence electrons. The molecule has 0 aromatic carbocycles. The number of unbranched alkanes of at least 4 members (excludes halogenated alkanes) is 12. The maximum atomic E-state index is 12.6. The fourth-order valence-electron chi connectivity index (χ4n) is 4.96. The van der Waals surface area contributed by atoms with E-state index in [2.05, 4.69) is 67.0 Å². The maximum absolute atomic E-state index is 12.6. The summed E-state index contributed by atoms with van der Waals surface area (Å²) < 4.78 is 32.6. The number of esters is 2. The summed E-state index contributed by atoms with van der Waals surface area (Å²) in [5.41, 5.74) is 5.32. The standard InChI is InChI=1S/C44H72NO10P/c1-3-5-7-9-11-13-15-17-19-20-22-23-25-27-29-31-33-35-42(46)52-37-40(38-53-56(50,51)54-39-41(45)44(48)49)55-43(47)36-34-32-30-28-26-24-21-18-16-14-12-10-8-6-4-2/h6,8,10-14,16-19,21-23,40-41H,3-5,7,9,15,20,24-39,45H2,1-2H3,(H,48,49)(H,50,51)/b8-6+,12-10+,13-11+,16-14+,19-17+,21-18+,23-22+/t40-,41+/m1/s1. The predicted molar refractivity (Wildman–Crippen MR) is 226 cm³/mol. The minimum absolute atomic E-state index is 0.125. The Balaban J connectivity index is 4.50. The molecule has 0 fully saturated rings. The van der Waals surface area contributed by atoms with Gasteiger partial charge in [0.15, 0.2) is 6.10 Å². The summed E-state index contributed by atoms with van der Waals surface area (Å²) in [6, 6.07) is -1.53. The van der Waals surface area contributed by atoms with E-state index in [9.17, 15) is 23.8 Å². The number of carbonyl (C=O) groups is 3. The van der Waals surface area contributed by atoms with Crippen molar-refractivity contribution in [2.75, 3.05) is 19.8 Å². The van der Waals surface area contributed by atoms with Crippen molar-refractivity contribution in [3.05, 3.63) is 85.1 Å². The highest BCUT2D eigenvalue weighted by Gasteiger charge is 2.28. The van der Waals surface area contributed by atoms with E-state index in [-0.39, 0.29) is 19.4 Å². The minimum Gasteiger partial charge on any atom is -0.480 e. The molecule has 11 nitrogen and oxygen atoms in total. The van der Waals surface area contributed by atoms with E-state index in [0.29, 0.717) is 12.8 Å². The number of carboxylic acid groups (broad SMARTS) is 1. The van der Waals surface area contributed by atoms with Gasteiger partial charge in [0.05, 0.1) is 13.2 Å². The van der Waals surface area contributed by atoms with Crippen LogP contribution < -0.4 is 5.73 Å². The van der Waals surface area contributed by atoms with Gasteiger partial charge in [0.1, 0.15) is 12.6 Å². The highest BCUT2D eigenvalue weighted by molar-refractivity contribution is 7.47. The molecule has 0 spiro atoms. The van der Waals surface area contributed by atoms with Crippen LogP contribution in [0.1, 0.15) is 142 Å². The Morgan fingerprint density at radius 2 is 1.07 bits per heavy atom. The predicted octanol–water partition coefficient (Wildman–Crippen LogP) is 10.7. The Labute approximate surface area is 337 Å². The molecule has 0 aromatic heterocycles. The van der Waals surface area contributed by atoms with E-state index >= 15 is 0 Å². The van der Waals surface area contributed by atoms with Crippen molar-refractivity contribution < 1.29 is 47.5 Å². The zero-order valence-electron chi connectivity index (χ0n) is 34.2. The number of rotatable bonds is 37. The molecule has 0 heterocycles. The van der Waals surface area contributed by atoms with Gasteiger partial charge in [-0.05, 0) is 70.6 Å². The van der Waals surface area contributed by atoms with Gasteiger partial charge in [0.2, 0.25) is 0 Å². The van der Waals surface area contributed by atoms with Crippen LogP contribution in [-0.2, 0) is 37.5 Å². The second kappa shape index (κ2) is 38.5. The molecule has 0 aliphatic rings. The van der Waals surface area contributed by atoms with Gasteiger partial charge >= 0.3 is 25.7 Å². The lowest BCUT2D eigenvalue weighted by Gasteiger charge is -2.20. The average Bonchev–Trinajstić information content (AvgIpc) is 3.17. The van der Waals surface area contributed by atoms with Crippen LogP contribution >= 0.6 is 7.82 Å². The molecule has 0 radical (unpaired) electrons. The van der Waals surface area contributed by atoms with Crippen LogP contribution in [0.5, 0.6) is 0 Å². The smallest absolute Gasteiger partial charge is 0.472 e. The summed E-state index contributed by atoms with van der Waals surface area (Å²) in [4.78, 5) is 45.9. The van der Waals surface area contributed by atoms with Gasteiger partial charge in [-0.25, -0.2) is 4.57 Å². The van der Waals surface area contributed by atoms with Crippen molar-refractivity contribution in [3.8, 4) is 0 Å². The Bertz CT molecular complexity index is 1270. The Morgan fingerprint density at radius 1 is 0.589 bits per heavy atom. The molecule has 1 unspecified atom stereocenters. The first-order valence-electron chi connectivity index (χ1n) is 20.7. The highest BCUT2D eigenvalue weighted by atomic mass is 31.2. The SMILES string of the molecule is CC/C=C/C=C/C=C/C=C/CCCCCCCC(=O)O[C@H](COC(=O)CCCCCC/C=C/C/C=C/C/C=C/CCCCC)COP(=O)(O)OC[C@H](N)C(=O)O. The summed E-state index contributed by atoms with van der Waals surface area (Å²) in [6.45, 7) is 2.56. The molecule has 0 rings (SSSR count). The molecule has 4 N–H and O–H groups in total. The summed E-state index contributed by atoms with van der Waals surface area (Å²) in [5, 5.41) is 8.88. The first-order chi connectivity index (χ1) is 27.1. The van der Waals surface area contributed by atoms with Gasteiger partial charge < -0.3 is 25.2 Å². The fourth-order valence-corrected chi connectivity index (χ4v) is 5.74. The Morgan fingerprint density at radius 3 is 1.66 bits per heavy atom. The van der Waals surface area contributed by atoms with Crippen molar-refractivity contribution in [2.24, 2.45) is 5.73 Å². The Hall–Kier alpha value is -3.34. The number of hydrogen-bond donors (Lipinski definition) is 3. The number of phosphoric acid groups is 1. The van der Waals surface area contributed by atoms with Crippen LogP contribution in [0.4, 0.5) is 0 Å². The lowest BCUT2D eigenvalue weighted by Crippen LogP contribution is -2.34. The van der Waals surface area contributed by atoms with Crippen molar-refractivity contribution in [1.82, 2.24) is 0 Å². The molecule has 0 saturated carbocycles. The Kier molecular flexibility index (Phi) is 36.2. The number of nitrogens with two attached hydrogens (primary N) is 1. The summed E-state index contributed by atoms with van der Waals surface area (Å²) in [5.74, 6) is -2.45. The van der Waals surface area contributed by atoms with Crippen LogP contribution in [0.15, 0.2) is 85.1 Å². The quantitative estimate of drug-likeness (QED) is 0.0179. The molecule has 0 saturated heterocycles. The number of aliphatic carboxylic acids is 1. The number of allylic oxidation sites excluding steroid dienone is 14. The third kappa shape index (κ3) is 37.6. The third-order valence-corrected chi connectivity index (χ3v) is 9.17. The van der Waals surface area contributed by atoms with Crippen LogP contribution in [0, 0.1) is 0 Å². The molecular formula is C44H72NO10P. The summed E-state index contributed by atoms with van der Waals surface area (Å²) in [6.07, 6.45) is 46.4. The minimum atomic E-state index is -4.73. The van der Waals surface area contributed by atoms with Gasteiger partial charge in [-0.15, -0.1) is 0 Å². The van der Waals surface area contributed by atoms with Crippen LogP contribution in [0.2, 0.25) is 0 Å². The zero-order valence-corrected chi connectivity index (χ0v) is 35.1. The second-order valence-corrected chi connectivity index (χ2v) is 14.9. The molecule has 12 heteroatoms. The summed E-state index contributed by atoms with van der Waals surface area (Å²) in [7, 11) is -4.73. The first kappa shape index (κ1) is 52.7. The first-order valence-corrected chi connectivity index (χ1v) is 22.2. The molecular weight excluding hydrogens is 733 g/mol. The van der Waals surface area contributed by atoms with E-state index < -0.39 is 51.1 Å². The number of ether oxygens (including phenoxy) is 2. The van der Waals surface area contributed by atoms with E-state index in [1.165, 1.54) is 19.3 Å². The number of carboxylic acids is 1. The monoisotopic (exact) mass is 805 g/mol. The van der Waals surface area contributed by atoms with Gasteiger partial charge in [0.25, 0.3) is 0 Å². The largest absolute Gasteiger partial charge is 0.480 e. The fraction of sp³-hybridized carbons (Fsp3) is 0.614. The molecule has 0 aliphatic carbocycles. The molecule has 56 heavy (non-hydrogen) atoms. The van der Waals surface area contributed by atoms with E-state index in [1.807, 2.05) is 36.5 Å². The average molecular weight is 806 g/mol. The zero-order chi connectivity index (χ0) is 41.4. The second-order valence-electron chi connectivity index (χ2n) is 13.5. The summed E-state index contributed by atoms with van der Waals surface area (Å²) >= 11 is 0. The molecule has 3 atom stereocenters. The van der Waals surface area contributed by atoms with Crippen LogP contribution in [0.3, 0.4) is 0 Å². The van der Waals surface area contributed by atoms with Gasteiger partial charge in [-0.1, -0.05) is 144 Å². The van der Waals surface area contributed by atoms with Crippen molar-refractivity contribution in [3.63, 3.8) is 0 Å². The molecule has 0 amide bonds. The lowest BCUT2D eigenvalue weighted by atomic mass is 10.1.